The van der Waals surface area contributed by atoms with Crippen LogP contribution in [0.1, 0.15) is 89.6 Å². The first kappa shape index (κ1) is 42.7. The quantitative estimate of drug-likeness (QED) is 0.226. The Hall–Kier alpha value is -3.28. The van der Waals surface area contributed by atoms with Gasteiger partial charge in [0.25, 0.3) is 6.47 Å². The number of sulfonamides is 1. The molecule has 0 atom stereocenters. The Labute approximate surface area is 282 Å². The van der Waals surface area contributed by atoms with Gasteiger partial charge in [0.2, 0.25) is 16.4 Å². The Morgan fingerprint density at radius 2 is 1.46 bits per heavy atom. The summed E-state index contributed by atoms with van der Waals surface area (Å²) in [5, 5.41) is 5.64. The zero-order valence-electron chi connectivity index (χ0n) is 29.3. The van der Waals surface area contributed by atoms with Gasteiger partial charge in [-0.25, -0.2) is 13.4 Å². The Kier molecular flexibility index (Phi) is 23.1. The highest BCUT2D eigenvalue weighted by molar-refractivity contribution is 7.89. The fourth-order valence-corrected chi connectivity index (χ4v) is 6.33. The number of ether oxygens (including phenoxy) is 1. The minimum Gasteiger partial charge on any atom is -0.471 e. The molecule has 46 heavy (non-hydrogen) atoms. The van der Waals surface area contributed by atoms with Gasteiger partial charge in [0.1, 0.15) is 0 Å². The second-order valence-electron chi connectivity index (χ2n) is 10.5. The number of nitrogens with zero attached hydrogens (tertiary/aromatic N) is 3. The number of rotatable bonds is 10. The fourth-order valence-electron chi connectivity index (χ4n) is 4.05. The highest BCUT2D eigenvalue weighted by atomic mass is 32.2. The van der Waals surface area contributed by atoms with Crippen LogP contribution in [0.3, 0.4) is 0 Å². The molecule has 258 valence electrons. The van der Waals surface area contributed by atoms with Crippen LogP contribution in [0.4, 0.5) is 5.13 Å². The summed E-state index contributed by atoms with van der Waals surface area (Å²) in [6.45, 7) is 20.0. The van der Waals surface area contributed by atoms with Crippen LogP contribution in [-0.4, -0.2) is 63.9 Å². The first-order chi connectivity index (χ1) is 22.1. The van der Waals surface area contributed by atoms with E-state index in [2.05, 4.69) is 66.7 Å². The highest BCUT2D eigenvalue weighted by Gasteiger charge is 2.29. The van der Waals surface area contributed by atoms with Crippen molar-refractivity contribution in [2.75, 3.05) is 38.2 Å². The van der Waals surface area contributed by atoms with Gasteiger partial charge in [-0.3, -0.25) is 9.59 Å². The molecule has 1 aliphatic heterocycles. The number of carbonyl (C=O) groups excluding carboxylic acids is 2. The first-order valence-electron chi connectivity index (χ1n) is 16.1. The van der Waals surface area contributed by atoms with E-state index >= 15 is 0 Å². The normalized spacial score (nSPS) is 12.4. The van der Waals surface area contributed by atoms with Crippen molar-refractivity contribution in [1.82, 2.24) is 14.6 Å². The molecule has 1 aromatic heterocycles. The third kappa shape index (κ3) is 15.8. The van der Waals surface area contributed by atoms with E-state index in [1.54, 1.807) is 27.8 Å². The summed E-state index contributed by atoms with van der Waals surface area (Å²) in [5.74, 6) is 0.563. The maximum atomic E-state index is 12.8. The van der Waals surface area contributed by atoms with Crippen LogP contribution in [0, 0.1) is 6.92 Å². The van der Waals surface area contributed by atoms with E-state index in [4.69, 9.17) is 4.79 Å². The molecule has 1 N–H and O–H groups in total. The van der Waals surface area contributed by atoms with Gasteiger partial charge in [-0.15, -0.1) is 11.3 Å². The van der Waals surface area contributed by atoms with Gasteiger partial charge in [0.15, 0.2) is 5.13 Å². The van der Waals surface area contributed by atoms with Crippen molar-refractivity contribution in [2.45, 2.75) is 92.0 Å². The average molecular weight is 677 g/mol. The molecule has 0 radical (unpaired) electrons. The van der Waals surface area contributed by atoms with Crippen molar-refractivity contribution in [3.05, 3.63) is 76.3 Å². The second kappa shape index (κ2) is 24.9. The lowest BCUT2D eigenvalue weighted by Crippen LogP contribution is -2.48. The lowest BCUT2D eigenvalue weighted by atomic mass is 10.0. The first-order valence-corrected chi connectivity index (χ1v) is 18.4. The molecule has 1 amide bonds. The summed E-state index contributed by atoms with van der Waals surface area (Å²) < 4.78 is 31.0. The molecule has 1 fully saturated rings. The molecule has 0 aliphatic carbocycles. The molecule has 2 aromatic carbocycles. The van der Waals surface area contributed by atoms with E-state index in [9.17, 15) is 13.2 Å². The predicted molar refractivity (Wildman–Crippen MR) is 192 cm³/mol. The molecule has 0 bridgehead atoms. The van der Waals surface area contributed by atoms with Crippen molar-refractivity contribution in [3.8, 4) is 0 Å². The number of thiazole rings is 1. The zero-order valence-corrected chi connectivity index (χ0v) is 30.9. The van der Waals surface area contributed by atoms with Crippen molar-refractivity contribution < 1.29 is 22.7 Å². The molecule has 0 saturated carbocycles. The molecular weight excluding hydrogens is 621 g/mol. The minimum atomic E-state index is -3.40. The van der Waals surface area contributed by atoms with Crippen LogP contribution in [0.25, 0.3) is 0 Å². The third-order valence-corrected chi connectivity index (χ3v) is 9.28. The molecule has 0 spiro atoms. The molecule has 2 heterocycles. The third-order valence-electron chi connectivity index (χ3n) is 6.35. The summed E-state index contributed by atoms with van der Waals surface area (Å²) >= 11 is 1.61. The number of piperazine rings is 1. The lowest BCUT2D eigenvalue weighted by Gasteiger charge is -2.33. The molecule has 11 heteroatoms. The van der Waals surface area contributed by atoms with Gasteiger partial charge in [-0.1, -0.05) is 97.7 Å². The predicted octanol–water partition coefficient (Wildman–Crippen LogP) is 7.20. The summed E-state index contributed by atoms with van der Waals surface area (Å²) in [4.78, 5) is 26.0. The van der Waals surface area contributed by atoms with Crippen LogP contribution in [0.15, 0.2) is 58.8 Å². The van der Waals surface area contributed by atoms with Crippen LogP contribution < -0.4 is 10.2 Å². The minimum absolute atomic E-state index is 0.375. The molecule has 0 unspecified atom stereocenters. The van der Waals surface area contributed by atoms with Crippen LogP contribution in [0.2, 0.25) is 0 Å². The zero-order chi connectivity index (χ0) is 35.0. The number of carbonyl (C=O) groups is 2. The number of amides is 1. The summed E-state index contributed by atoms with van der Waals surface area (Å²) in [6.07, 6.45) is 4.01. The fraction of sp³-hybridized carbons (Fsp3) is 0.514. The number of hydrogen-bond donors (Lipinski definition) is 1. The van der Waals surface area contributed by atoms with Crippen molar-refractivity contribution >= 4 is 39.4 Å². The van der Waals surface area contributed by atoms with Crippen molar-refractivity contribution in [3.63, 3.8) is 0 Å². The van der Waals surface area contributed by atoms with E-state index in [0.29, 0.717) is 50.0 Å². The topological polar surface area (TPSA) is 109 Å². The number of benzene rings is 2. The van der Waals surface area contributed by atoms with Crippen LogP contribution >= 0.6 is 11.3 Å². The monoisotopic (exact) mass is 676 g/mol. The largest absolute Gasteiger partial charge is 0.471 e. The maximum absolute atomic E-state index is 12.8. The lowest BCUT2D eigenvalue weighted by molar-refractivity contribution is -0.126. The Morgan fingerprint density at radius 1 is 0.935 bits per heavy atom. The maximum Gasteiger partial charge on any atom is 0.292 e. The molecule has 1 saturated heterocycles. The summed E-state index contributed by atoms with van der Waals surface area (Å²) in [7, 11) is -2.09. The van der Waals surface area contributed by atoms with Gasteiger partial charge in [0, 0.05) is 38.1 Å². The highest BCUT2D eigenvalue weighted by Crippen LogP contribution is 2.24. The Bertz CT molecular complexity index is 1300. The SMILES string of the molecule is CC.CC(C)c1ccc(CNC=O)cc1.CCC.CCCc1ccc(S(=O)(=O)N2CCN(c3nc(C)cs3)CC2)cc1.COC=O. The van der Waals surface area contributed by atoms with Crippen LogP contribution in [-0.2, 0) is 37.3 Å². The van der Waals surface area contributed by atoms with Crippen LogP contribution in [0.5, 0.6) is 0 Å². The van der Waals surface area contributed by atoms with Gasteiger partial charge in [-0.05, 0) is 48.1 Å². The van der Waals surface area contributed by atoms with Gasteiger partial charge < -0.3 is 15.0 Å². The molecular formula is C35H56N4O5S2. The number of aromatic nitrogens is 1. The standard InChI is InChI=1S/C17H23N3O2S2.C11H15NO.C3H8.C2H4O2.C2H6/c1-3-4-15-5-7-16(8-6-15)24(21,22)20-11-9-19(10-12-20)17-18-14(2)13-23-17;1-9(2)11-5-3-10(4-6-11)7-12-8-13;1-3-2;1-4-2-3;1-2/h5-8,13H,3-4,9-12H2,1-2H3;3-6,8-9H,7H2,1-2H3,(H,12,13);3H2,1-2H3;2H,1H3;1-2H3. The number of methoxy groups -OCH3 is 1. The number of nitrogens with one attached hydrogen (secondary N) is 1. The van der Waals surface area contributed by atoms with E-state index < -0.39 is 10.0 Å². The van der Waals surface area contributed by atoms with E-state index in [1.165, 1.54) is 24.7 Å². The van der Waals surface area contributed by atoms with Gasteiger partial charge >= 0.3 is 0 Å². The molecule has 9 nitrogen and oxygen atoms in total. The second-order valence-corrected chi connectivity index (χ2v) is 13.3. The van der Waals surface area contributed by atoms with Crippen molar-refractivity contribution in [2.24, 2.45) is 0 Å². The van der Waals surface area contributed by atoms with Gasteiger partial charge in [0.05, 0.1) is 17.7 Å². The summed E-state index contributed by atoms with van der Waals surface area (Å²) in [5.41, 5.74) is 4.66. The van der Waals surface area contributed by atoms with E-state index in [0.717, 1.165) is 35.6 Å². The van der Waals surface area contributed by atoms with E-state index in [-0.39, 0.29) is 0 Å². The smallest absolute Gasteiger partial charge is 0.292 e. The summed E-state index contributed by atoms with van der Waals surface area (Å²) in [6, 6.07) is 15.6. The number of hydrogen-bond acceptors (Lipinski definition) is 8. The van der Waals surface area contributed by atoms with E-state index in [1.807, 2.05) is 50.4 Å². The van der Waals surface area contributed by atoms with Gasteiger partial charge in [-0.2, -0.15) is 4.31 Å². The molecule has 3 aromatic rings. The number of anilines is 1. The number of aryl methyl sites for hydroxylation is 2. The van der Waals surface area contributed by atoms with Crippen molar-refractivity contribution in [1.29, 1.82) is 0 Å². The molecule has 1 aliphatic rings. The Morgan fingerprint density at radius 3 is 1.87 bits per heavy atom. The average Bonchev–Trinajstić information content (AvgIpc) is 3.52. The molecule has 4 rings (SSSR count). The Balaban J connectivity index is 0.000000772.